The van der Waals surface area contributed by atoms with Gasteiger partial charge < -0.3 is 11.1 Å². The summed E-state index contributed by atoms with van der Waals surface area (Å²) in [4.78, 5) is 12.1. The summed E-state index contributed by atoms with van der Waals surface area (Å²) >= 11 is 0. The maximum Gasteiger partial charge on any atom is 0.220 e. The van der Waals surface area contributed by atoms with Crippen LogP contribution in [0.5, 0.6) is 0 Å². The molecule has 0 aliphatic heterocycles. The van der Waals surface area contributed by atoms with Crippen LogP contribution >= 0.6 is 0 Å². The third kappa shape index (κ3) is 3.13. The molecule has 3 aliphatic rings. The second-order valence-electron chi connectivity index (χ2n) is 7.34. The molecule has 0 aromatic carbocycles. The van der Waals surface area contributed by atoms with Crippen molar-refractivity contribution in [3.63, 3.8) is 0 Å². The summed E-state index contributed by atoms with van der Waals surface area (Å²) in [6.07, 6.45) is 12.1. The van der Waals surface area contributed by atoms with E-state index < -0.39 is 0 Å². The Hall–Kier alpha value is -0.570. The smallest absolute Gasteiger partial charge is 0.220 e. The minimum absolute atomic E-state index is 0.122. The van der Waals surface area contributed by atoms with E-state index in [4.69, 9.17) is 5.73 Å². The van der Waals surface area contributed by atoms with Crippen LogP contribution in [0.15, 0.2) is 0 Å². The molecule has 3 atom stereocenters. The number of nitrogens with two attached hydrogens (primary N) is 1. The van der Waals surface area contributed by atoms with Gasteiger partial charge in [-0.1, -0.05) is 25.7 Å². The van der Waals surface area contributed by atoms with Gasteiger partial charge in [-0.05, 0) is 49.9 Å². The Morgan fingerprint density at radius 2 is 1.95 bits per heavy atom. The van der Waals surface area contributed by atoms with Gasteiger partial charge >= 0.3 is 0 Å². The van der Waals surface area contributed by atoms with Crippen LogP contribution in [-0.2, 0) is 4.79 Å². The maximum absolute atomic E-state index is 12.1. The molecule has 0 heterocycles. The third-order valence-corrected chi connectivity index (χ3v) is 5.82. The van der Waals surface area contributed by atoms with Crippen LogP contribution in [0.3, 0.4) is 0 Å². The van der Waals surface area contributed by atoms with Crippen molar-refractivity contribution in [3.8, 4) is 0 Å². The van der Waals surface area contributed by atoms with E-state index in [1.54, 1.807) is 0 Å². The van der Waals surface area contributed by atoms with Crippen LogP contribution in [-0.4, -0.2) is 18.0 Å². The number of rotatable bonds is 4. The summed E-state index contributed by atoms with van der Waals surface area (Å²) in [7, 11) is 0. The summed E-state index contributed by atoms with van der Waals surface area (Å²) in [6, 6.07) is 0. The molecule has 3 heteroatoms. The quantitative estimate of drug-likeness (QED) is 0.820. The molecule has 0 aromatic rings. The lowest BCUT2D eigenvalue weighted by Crippen LogP contribution is -2.51. The number of amides is 1. The first-order valence-corrected chi connectivity index (χ1v) is 8.20. The Labute approximate surface area is 116 Å². The van der Waals surface area contributed by atoms with E-state index in [0.29, 0.717) is 12.5 Å². The summed E-state index contributed by atoms with van der Waals surface area (Å²) in [5.41, 5.74) is 6.24. The van der Waals surface area contributed by atoms with E-state index in [2.05, 4.69) is 5.32 Å². The van der Waals surface area contributed by atoms with Gasteiger partial charge in [-0.2, -0.15) is 0 Å². The van der Waals surface area contributed by atoms with Crippen molar-refractivity contribution in [1.82, 2.24) is 5.32 Å². The minimum Gasteiger partial charge on any atom is -0.354 e. The van der Waals surface area contributed by atoms with Gasteiger partial charge in [0, 0.05) is 18.5 Å². The van der Waals surface area contributed by atoms with Gasteiger partial charge in [0.15, 0.2) is 0 Å². The summed E-state index contributed by atoms with van der Waals surface area (Å²) < 4.78 is 0. The first-order chi connectivity index (χ1) is 9.15. The molecule has 3 fully saturated rings. The zero-order valence-corrected chi connectivity index (χ0v) is 12.0. The first kappa shape index (κ1) is 13.4. The van der Waals surface area contributed by atoms with Crippen LogP contribution in [0, 0.1) is 17.8 Å². The van der Waals surface area contributed by atoms with Crippen molar-refractivity contribution in [3.05, 3.63) is 0 Å². The van der Waals surface area contributed by atoms with Crippen LogP contribution in [0.25, 0.3) is 0 Å². The van der Waals surface area contributed by atoms with E-state index in [-0.39, 0.29) is 11.4 Å². The van der Waals surface area contributed by atoms with E-state index in [1.807, 2.05) is 0 Å². The first-order valence-electron chi connectivity index (χ1n) is 8.20. The molecule has 3 nitrogen and oxygen atoms in total. The van der Waals surface area contributed by atoms with Gasteiger partial charge in [0.1, 0.15) is 0 Å². The van der Waals surface area contributed by atoms with Gasteiger partial charge in [0.05, 0.1) is 0 Å². The van der Waals surface area contributed by atoms with E-state index in [1.165, 1.54) is 44.9 Å². The fraction of sp³-hybridized carbons (Fsp3) is 0.938. The Morgan fingerprint density at radius 3 is 2.58 bits per heavy atom. The maximum atomic E-state index is 12.1. The Bertz CT molecular complexity index is 336. The highest BCUT2D eigenvalue weighted by molar-refractivity contribution is 5.76. The van der Waals surface area contributed by atoms with Gasteiger partial charge in [0.2, 0.25) is 5.91 Å². The SMILES string of the molecule is NC1(CNC(=O)CC2CC3CCC2C3)CCCCC1. The summed E-state index contributed by atoms with van der Waals surface area (Å²) in [5, 5.41) is 3.12. The van der Waals surface area contributed by atoms with Crippen LogP contribution < -0.4 is 11.1 Å². The van der Waals surface area contributed by atoms with Crippen molar-refractivity contribution < 1.29 is 4.79 Å². The van der Waals surface area contributed by atoms with Gasteiger partial charge in [0.25, 0.3) is 0 Å². The number of hydrogen-bond donors (Lipinski definition) is 2. The predicted octanol–water partition coefficient (Wildman–Crippen LogP) is 2.59. The largest absolute Gasteiger partial charge is 0.354 e. The number of hydrogen-bond acceptors (Lipinski definition) is 2. The molecule has 1 amide bonds. The molecule has 3 rings (SSSR count). The second kappa shape index (κ2) is 5.43. The third-order valence-electron chi connectivity index (χ3n) is 5.82. The fourth-order valence-corrected chi connectivity index (χ4v) is 4.64. The minimum atomic E-state index is -0.122. The molecule has 0 spiro atoms. The molecule has 3 N–H and O–H groups in total. The highest BCUT2D eigenvalue weighted by atomic mass is 16.1. The average Bonchev–Trinajstić information content (AvgIpc) is 3.00. The topological polar surface area (TPSA) is 55.1 Å². The monoisotopic (exact) mass is 264 g/mol. The fourth-order valence-electron chi connectivity index (χ4n) is 4.64. The molecule has 2 bridgehead atoms. The van der Waals surface area contributed by atoms with Gasteiger partial charge in [-0.25, -0.2) is 0 Å². The molecule has 108 valence electrons. The lowest BCUT2D eigenvalue weighted by atomic mass is 9.82. The normalized spacial score (nSPS) is 36.4. The van der Waals surface area contributed by atoms with Crippen LogP contribution in [0.1, 0.15) is 64.2 Å². The number of carbonyl (C=O) groups is 1. The molecular formula is C16H28N2O. The lowest BCUT2D eigenvalue weighted by Gasteiger charge is -2.33. The molecule has 0 radical (unpaired) electrons. The highest BCUT2D eigenvalue weighted by Crippen LogP contribution is 2.49. The highest BCUT2D eigenvalue weighted by Gasteiger charge is 2.40. The standard InChI is InChI=1S/C16H28N2O/c17-16(6-2-1-3-7-16)11-18-15(19)10-14-9-12-4-5-13(14)8-12/h12-14H,1-11,17H2,(H,18,19). The molecule has 0 aromatic heterocycles. The van der Waals surface area contributed by atoms with Crippen molar-refractivity contribution >= 4 is 5.91 Å². The van der Waals surface area contributed by atoms with E-state index in [9.17, 15) is 4.79 Å². The lowest BCUT2D eigenvalue weighted by molar-refractivity contribution is -0.122. The molecule has 3 aliphatic carbocycles. The van der Waals surface area contributed by atoms with Gasteiger partial charge in [-0.3, -0.25) is 4.79 Å². The molecule has 0 saturated heterocycles. The van der Waals surface area contributed by atoms with Crippen LogP contribution in [0.2, 0.25) is 0 Å². The van der Waals surface area contributed by atoms with E-state index >= 15 is 0 Å². The summed E-state index contributed by atoms with van der Waals surface area (Å²) in [6.45, 7) is 0.687. The Morgan fingerprint density at radius 1 is 1.16 bits per heavy atom. The molecule has 3 unspecified atom stereocenters. The van der Waals surface area contributed by atoms with Crippen molar-refractivity contribution in [2.45, 2.75) is 69.7 Å². The molecule has 19 heavy (non-hydrogen) atoms. The number of nitrogens with one attached hydrogen (secondary N) is 1. The zero-order valence-electron chi connectivity index (χ0n) is 12.0. The van der Waals surface area contributed by atoms with Crippen molar-refractivity contribution in [2.75, 3.05) is 6.54 Å². The van der Waals surface area contributed by atoms with Crippen LogP contribution in [0.4, 0.5) is 0 Å². The molecular weight excluding hydrogens is 236 g/mol. The average molecular weight is 264 g/mol. The molecule has 3 saturated carbocycles. The number of carbonyl (C=O) groups excluding carboxylic acids is 1. The number of fused-ring (bicyclic) bond motifs is 2. The van der Waals surface area contributed by atoms with Crippen molar-refractivity contribution in [2.24, 2.45) is 23.5 Å². The van der Waals surface area contributed by atoms with Crippen molar-refractivity contribution in [1.29, 1.82) is 0 Å². The van der Waals surface area contributed by atoms with Gasteiger partial charge in [-0.15, -0.1) is 0 Å². The predicted molar refractivity (Wildman–Crippen MR) is 76.6 cm³/mol. The summed E-state index contributed by atoms with van der Waals surface area (Å²) in [5.74, 6) is 2.69. The zero-order chi connectivity index (χ0) is 13.3. The second-order valence-corrected chi connectivity index (χ2v) is 7.34. The van der Waals surface area contributed by atoms with E-state index in [0.717, 1.165) is 31.1 Å². The Kier molecular flexibility index (Phi) is 3.84. The Balaban J connectivity index is 1.41.